The van der Waals surface area contributed by atoms with Crippen LogP contribution in [0, 0.1) is 0 Å². The molecule has 1 aliphatic rings. The largest absolute Gasteiger partial charge is 0.303 e. The van der Waals surface area contributed by atoms with Crippen LogP contribution in [-0.4, -0.2) is 24.5 Å². The molecule has 0 atom stereocenters. The van der Waals surface area contributed by atoms with Gasteiger partial charge in [0, 0.05) is 0 Å². The van der Waals surface area contributed by atoms with Gasteiger partial charge in [-0.2, -0.15) is 0 Å². The fourth-order valence-electron chi connectivity index (χ4n) is 3.36. The highest BCUT2D eigenvalue weighted by molar-refractivity contribution is 4.62. The van der Waals surface area contributed by atoms with Gasteiger partial charge in [0.2, 0.25) is 0 Å². The van der Waals surface area contributed by atoms with E-state index in [-0.39, 0.29) is 0 Å². The summed E-state index contributed by atoms with van der Waals surface area (Å²) in [6, 6.07) is 0. The minimum Gasteiger partial charge on any atom is -0.303 e. The molecule has 0 aromatic carbocycles. The van der Waals surface area contributed by atoms with Gasteiger partial charge in [0.15, 0.2) is 0 Å². The van der Waals surface area contributed by atoms with Crippen molar-refractivity contribution in [1.29, 1.82) is 0 Å². The first-order valence-corrected chi connectivity index (χ1v) is 9.66. The molecular formula is C19H39N. The predicted molar refractivity (Wildman–Crippen MR) is 91.4 cm³/mol. The lowest BCUT2D eigenvalue weighted by Gasteiger charge is -2.24. The Hall–Kier alpha value is -0.0400. The quantitative estimate of drug-likeness (QED) is 0.409. The van der Waals surface area contributed by atoms with Crippen LogP contribution in [0.4, 0.5) is 0 Å². The van der Waals surface area contributed by atoms with Gasteiger partial charge >= 0.3 is 0 Å². The maximum Gasteiger partial charge on any atom is -0.00187 e. The topological polar surface area (TPSA) is 3.24 Å². The Bertz CT molecular complexity index is 182. The smallest absolute Gasteiger partial charge is 0.00187 e. The van der Waals surface area contributed by atoms with E-state index in [4.69, 9.17) is 0 Å². The van der Waals surface area contributed by atoms with Gasteiger partial charge in [-0.1, -0.05) is 84.0 Å². The van der Waals surface area contributed by atoms with Gasteiger partial charge < -0.3 is 4.90 Å². The van der Waals surface area contributed by atoms with Gasteiger partial charge in [0.1, 0.15) is 0 Å². The number of unbranched alkanes of at least 4 members (excludes halogenated alkanes) is 9. The van der Waals surface area contributed by atoms with E-state index in [0.29, 0.717) is 0 Å². The molecule has 1 fully saturated rings. The maximum atomic E-state index is 2.73. The number of hydrogen-bond acceptors (Lipinski definition) is 1. The van der Waals surface area contributed by atoms with Crippen LogP contribution in [0.25, 0.3) is 0 Å². The van der Waals surface area contributed by atoms with Gasteiger partial charge in [0.05, 0.1) is 0 Å². The second kappa shape index (κ2) is 13.9. The van der Waals surface area contributed by atoms with Crippen molar-refractivity contribution < 1.29 is 0 Å². The Labute approximate surface area is 128 Å². The molecule has 0 aromatic heterocycles. The van der Waals surface area contributed by atoms with Crippen LogP contribution >= 0.6 is 0 Å². The lowest BCUT2D eigenvalue weighted by molar-refractivity contribution is 0.242. The molecule has 1 rings (SSSR count). The van der Waals surface area contributed by atoms with E-state index in [2.05, 4.69) is 11.8 Å². The van der Waals surface area contributed by atoms with E-state index < -0.39 is 0 Å². The average Bonchev–Trinajstić information content (AvgIpc) is 2.42. The molecule has 0 spiro atoms. The number of likely N-dealkylation sites (tertiary alicyclic amines) is 1. The molecule has 0 radical (unpaired) electrons. The molecule has 0 bridgehead atoms. The van der Waals surface area contributed by atoms with E-state index in [1.165, 1.54) is 116 Å². The number of nitrogens with zero attached hydrogens (tertiary/aromatic N) is 1. The minimum atomic E-state index is 1.37. The molecule has 0 unspecified atom stereocenters. The summed E-state index contributed by atoms with van der Waals surface area (Å²) < 4.78 is 0. The monoisotopic (exact) mass is 281 g/mol. The first-order valence-electron chi connectivity index (χ1n) is 9.66. The van der Waals surface area contributed by atoms with Crippen LogP contribution in [0.1, 0.15) is 103 Å². The number of rotatable bonds is 11. The van der Waals surface area contributed by atoms with Gasteiger partial charge in [-0.25, -0.2) is 0 Å². The third-order valence-electron chi connectivity index (χ3n) is 4.78. The SMILES string of the molecule is CCCCCCCCCCCCN1CCCCCCC1. The second-order valence-electron chi connectivity index (χ2n) is 6.79. The van der Waals surface area contributed by atoms with Crippen LogP contribution in [0.2, 0.25) is 0 Å². The van der Waals surface area contributed by atoms with Gasteiger partial charge in [-0.3, -0.25) is 0 Å². The molecule has 20 heavy (non-hydrogen) atoms. The van der Waals surface area contributed by atoms with E-state index >= 15 is 0 Å². The molecular weight excluding hydrogens is 242 g/mol. The molecule has 1 aliphatic heterocycles. The van der Waals surface area contributed by atoms with Crippen LogP contribution in [-0.2, 0) is 0 Å². The highest BCUT2D eigenvalue weighted by Crippen LogP contribution is 2.13. The van der Waals surface area contributed by atoms with E-state index in [1.54, 1.807) is 0 Å². The van der Waals surface area contributed by atoms with Gasteiger partial charge in [-0.15, -0.1) is 0 Å². The normalized spacial score (nSPS) is 17.9. The Morgan fingerprint density at radius 2 is 1.00 bits per heavy atom. The highest BCUT2D eigenvalue weighted by atomic mass is 15.1. The molecule has 0 aliphatic carbocycles. The summed E-state index contributed by atoms with van der Waals surface area (Å²) in [5, 5.41) is 0. The Morgan fingerprint density at radius 1 is 0.550 bits per heavy atom. The molecule has 1 heterocycles. The van der Waals surface area contributed by atoms with Crippen molar-refractivity contribution in [2.75, 3.05) is 19.6 Å². The summed E-state index contributed by atoms with van der Waals surface area (Å²) in [4.78, 5) is 2.73. The molecule has 1 saturated heterocycles. The van der Waals surface area contributed by atoms with Crippen molar-refractivity contribution in [3.63, 3.8) is 0 Å². The van der Waals surface area contributed by atoms with Crippen LogP contribution in [0.3, 0.4) is 0 Å². The Morgan fingerprint density at radius 3 is 1.55 bits per heavy atom. The minimum absolute atomic E-state index is 1.37. The summed E-state index contributed by atoms with van der Waals surface area (Å²) in [6.45, 7) is 6.41. The van der Waals surface area contributed by atoms with Crippen molar-refractivity contribution in [3.8, 4) is 0 Å². The lowest BCUT2D eigenvalue weighted by atomic mass is 10.1. The molecule has 0 amide bonds. The van der Waals surface area contributed by atoms with Crippen molar-refractivity contribution in [2.24, 2.45) is 0 Å². The average molecular weight is 282 g/mol. The zero-order valence-corrected chi connectivity index (χ0v) is 14.2. The maximum absolute atomic E-state index is 2.73. The van der Waals surface area contributed by atoms with E-state index in [0.717, 1.165) is 0 Å². The summed E-state index contributed by atoms with van der Waals surface area (Å²) in [7, 11) is 0. The van der Waals surface area contributed by atoms with Crippen molar-refractivity contribution in [2.45, 2.75) is 103 Å². The number of hydrogen-bond donors (Lipinski definition) is 0. The Kier molecular flexibility index (Phi) is 12.5. The van der Waals surface area contributed by atoms with E-state index in [1.807, 2.05) is 0 Å². The lowest BCUT2D eigenvalue weighted by Crippen LogP contribution is -2.28. The first kappa shape index (κ1) is 18.0. The van der Waals surface area contributed by atoms with Crippen molar-refractivity contribution in [1.82, 2.24) is 4.90 Å². The predicted octanol–water partition coefficient (Wildman–Crippen LogP) is 6.17. The molecule has 120 valence electrons. The zero-order chi connectivity index (χ0) is 14.3. The van der Waals surface area contributed by atoms with Crippen molar-refractivity contribution in [3.05, 3.63) is 0 Å². The first-order chi connectivity index (χ1) is 9.93. The summed E-state index contributed by atoms with van der Waals surface area (Å²) in [5.41, 5.74) is 0. The molecule has 0 saturated carbocycles. The van der Waals surface area contributed by atoms with Gasteiger partial charge in [-0.05, 0) is 38.9 Å². The zero-order valence-electron chi connectivity index (χ0n) is 14.2. The Balaban J connectivity index is 1.81. The summed E-state index contributed by atoms with van der Waals surface area (Å²) >= 11 is 0. The molecule has 0 N–H and O–H groups in total. The molecule has 0 aromatic rings. The van der Waals surface area contributed by atoms with Crippen LogP contribution in [0.5, 0.6) is 0 Å². The molecule has 1 heteroatoms. The third-order valence-corrected chi connectivity index (χ3v) is 4.78. The van der Waals surface area contributed by atoms with E-state index in [9.17, 15) is 0 Å². The fraction of sp³-hybridized carbons (Fsp3) is 1.00. The molecule has 1 nitrogen and oxygen atoms in total. The van der Waals surface area contributed by atoms with Gasteiger partial charge in [0.25, 0.3) is 0 Å². The van der Waals surface area contributed by atoms with Crippen LogP contribution in [0.15, 0.2) is 0 Å². The van der Waals surface area contributed by atoms with Crippen molar-refractivity contribution >= 4 is 0 Å². The third kappa shape index (κ3) is 10.7. The standard InChI is InChI=1S/C19H39N/c1-2-3-4-5-6-7-8-9-11-14-17-20-18-15-12-10-13-16-19-20/h2-19H2,1H3. The second-order valence-corrected chi connectivity index (χ2v) is 6.79. The highest BCUT2D eigenvalue weighted by Gasteiger charge is 2.07. The summed E-state index contributed by atoms with van der Waals surface area (Å²) in [5.74, 6) is 0. The fourth-order valence-corrected chi connectivity index (χ4v) is 3.36. The van der Waals surface area contributed by atoms with Crippen LogP contribution < -0.4 is 0 Å². The summed E-state index contributed by atoms with van der Waals surface area (Å²) in [6.07, 6.45) is 21.9.